The Morgan fingerprint density at radius 1 is 1.06 bits per heavy atom. The van der Waals surface area contributed by atoms with Crippen molar-refractivity contribution in [3.8, 4) is 0 Å². The Labute approximate surface area is 183 Å². The number of rotatable bonds is 6. The minimum Gasteiger partial charge on any atom is -0.397 e. The molecule has 8 heteroatoms. The monoisotopic (exact) mass is 420 g/mol. The van der Waals surface area contributed by atoms with Crippen molar-refractivity contribution >= 4 is 39.6 Å². The summed E-state index contributed by atoms with van der Waals surface area (Å²) in [4.78, 5) is 14.1. The van der Waals surface area contributed by atoms with Gasteiger partial charge >= 0.3 is 0 Å². The first-order chi connectivity index (χ1) is 15.0. The topological polar surface area (TPSA) is 99.6 Å². The zero-order valence-corrected chi connectivity index (χ0v) is 18.5. The third-order valence-corrected chi connectivity index (χ3v) is 5.88. The van der Waals surface area contributed by atoms with Gasteiger partial charge in [-0.3, -0.25) is 0 Å². The van der Waals surface area contributed by atoms with E-state index in [0.29, 0.717) is 11.6 Å². The number of aromatic nitrogens is 2. The Morgan fingerprint density at radius 2 is 1.77 bits per heavy atom. The average molecular weight is 421 g/mol. The van der Waals surface area contributed by atoms with Gasteiger partial charge in [-0.2, -0.15) is 0 Å². The van der Waals surface area contributed by atoms with Crippen molar-refractivity contribution in [2.24, 2.45) is 5.84 Å². The van der Waals surface area contributed by atoms with Gasteiger partial charge in [-0.05, 0) is 56.8 Å². The summed E-state index contributed by atoms with van der Waals surface area (Å²) >= 11 is 0. The summed E-state index contributed by atoms with van der Waals surface area (Å²) in [6.45, 7) is 11.7. The number of hydrazine groups is 1. The molecule has 31 heavy (non-hydrogen) atoms. The van der Waals surface area contributed by atoms with E-state index in [1.807, 2.05) is 26.0 Å². The van der Waals surface area contributed by atoms with Crippen LogP contribution in [0.1, 0.15) is 20.8 Å². The highest BCUT2D eigenvalue weighted by molar-refractivity contribution is 5.97. The Bertz CT molecular complexity index is 1030. The number of nitrogens with two attached hydrogens (primary N) is 2. The number of nitrogens with zero attached hydrogens (tertiary/aromatic N) is 5. The molecule has 1 aliphatic heterocycles. The SMILES string of the molecule is CCN1CCN(c2ccc(Nc3ncc4ccc(N)c(N(N)C(C)C)c4n3)cc2)CC1. The van der Waals surface area contributed by atoms with E-state index in [2.05, 4.69) is 51.3 Å². The first kappa shape index (κ1) is 21.1. The molecule has 2 heterocycles. The molecule has 1 aliphatic rings. The second-order valence-corrected chi connectivity index (χ2v) is 8.23. The van der Waals surface area contributed by atoms with Crippen LogP contribution in [0.25, 0.3) is 10.9 Å². The number of hydrogen-bond acceptors (Lipinski definition) is 8. The van der Waals surface area contributed by atoms with Crippen LogP contribution >= 0.6 is 0 Å². The number of fused-ring (bicyclic) bond motifs is 1. The van der Waals surface area contributed by atoms with Gasteiger partial charge in [0.25, 0.3) is 0 Å². The fraction of sp³-hybridized carbons (Fsp3) is 0.391. The molecule has 0 aliphatic carbocycles. The van der Waals surface area contributed by atoms with Gasteiger partial charge in [0.05, 0.1) is 5.69 Å². The largest absolute Gasteiger partial charge is 0.397 e. The lowest BCUT2D eigenvalue weighted by Crippen LogP contribution is -2.46. The third kappa shape index (κ3) is 4.50. The average Bonchev–Trinajstić information content (AvgIpc) is 2.79. The van der Waals surface area contributed by atoms with Gasteiger partial charge in [-0.1, -0.05) is 6.92 Å². The summed E-state index contributed by atoms with van der Waals surface area (Å²) in [6, 6.07) is 12.3. The summed E-state index contributed by atoms with van der Waals surface area (Å²) in [5, 5.41) is 5.86. The maximum Gasteiger partial charge on any atom is 0.227 e. The van der Waals surface area contributed by atoms with Crippen LogP contribution in [-0.4, -0.2) is 53.6 Å². The smallest absolute Gasteiger partial charge is 0.227 e. The van der Waals surface area contributed by atoms with E-state index in [9.17, 15) is 0 Å². The molecule has 1 fully saturated rings. The van der Waals surface area contributed by atoms with Gasteiger partial charge < -0.3 is 25.9 Å². The molecule has 4 rings (SSSR count). The highest BCUT2D eigenvalue weighted by atomic mass is 15.4. The van der Waals surface area contributed by atoms with Gasteiger partial charge in [0.15, 0.2) is 0 Å². The summed E-state index contributed by atoms with van der Waals surface area (Å²) < 4.78 is 0. The lowest BCUT2D eigenvalue weighted by Gasteiger charge is -2.35. The Balaban J connectivity index is 1.54. The molecule has 1 aromatic heterocycles. The normalized spacial score (nSPS) is 14.9. The predicted octanol–water partition coefficient (Wildman–Crippen LogP) is 3.19. The molecule has 5 N–H and O–H groups in total. The number of piperazine rings is 1. The van der Waals surface area contributed by atoms with E-state index in [1.165, 1.54) is 5.69 Å². The molecule has 8 nitrogen and oxygen atoms in total. The van der Waals surface area contributed by atoms with E-state index in [0.717, 1.165) is 55.0 Å². The number of nitrogen functional groups attached to an aromatic ring is 1. The van der Waals surface area contributed by atoms with Crippen LogP contribution < -0.4 is 26.8 Å². The summed E-state index contributed by atoms with van der Waals surface area (Å²) in [5.74, 6) is 6.79. The molecule has 0 spiro atoms. The molecule has 0 radical (unpaired) electrons. The Morgan fingerprint density at radius 3 is 2.42 bits per heavy atom. The molecular formula is C23H32N8. The molecule has 0 saturated carbocycles. The standard InChI is InChI=1S/C23H32N8/c1-4-29-11-13-30(14-12-29)19-8-6-18(7-9-19)27-23-26-15-17-5-10-20(24)22(21(17)28-23)31(25)16(2)3/h5-10,15-16H,4,11-14,24-25H2,1-3H3,(H,26,27,28). The highest BCUT2D eigenvalue weighted by Crippen LogP contribution is 2.32. The third-order valence-electron chi connectivity index (χ3n) is 5.88. The van der Waals surface area contributed by atoms with E-state index in [-0.39, 0.29) is 6.04 Å². The zero-order chi connectivity index (χ0) is 22.0. The Kier molecular flexibility index (Phi) is 6.11. The van der Waals surface area contributed by atoms with Crippen LogP contribution in [0.2, 0.25) is 0 Å². The van der Waals surface area contributed by atoms with Crippen LogP contribution in [0.15, 0.2) is 42.6 Å². The first-order valence-corrected chi connectivity index (χ1v) is 10.9. The highest BCUT2D eigenvalue weighted by Gasteiger charge is 2.17. The van der Waals surface area contributed by atoms with E-state index in [1.54, 1.807) is 11.2 Å². The van der Waals surface area contributed by atoms with E-state index >= 15 is 0 Å². The minimum absolute atomic E-state index is 0.0889. The molecule has 0 unspecified atom stereocenters. The first-order valence-electron chi connectivity index (χ1n) is 10.9. The van der Waals surface area contributed by atoms with Gasteiger partial charge in [0.2, 0.25) is 5.95 Å². The van der Waals surface area contributed by atoms with Crippen molar-refractivity contribution < 1.29 is 0 Å². The van der Waals surface area contributed by atoms with Gasteiger partial charge in [-0.25, -0.2) is 15.8 Å². The zero-order valence-electron chi connectivity index (χ0n) is 18.5. The molecule has 0 bridgehead atoms. The maximum atomic E-state index is 6.28. The molecule has 164 valence electrons. The number of benzene rings is 2. The molecule has 0 atom stereocenters. The predicted molar refractivity (Wildman–Crippen MR) is 130 cm³/mol. The van der Waals surface area contributed by atoms with Crippen molar-refractivity contribution in [2.45, 2.75) is 26.8 Å². The molecule has 3 aromatic rings. The van der Waals surface area contributed by atoms with Crippen molar-refractivity contribution in [1.82, 2.24) is 14.9 Å². The maximum absolute atomic E-state index is 6.28. The number of likely N-dealkylation sites (N-methyl/N-ethyl adjacent to an activating group) is 1. The van der Waals surface area contributed by atoms with Crippen molar-refractivity contribution in [1.29, 1.82) is 0 Å². The summed E-state index contributed by atoms with van der Waals surface area (Å²) in [6.07, 6.45) is 1.79. The number of hydrogen-bond donors (Lipinski definition) is 3. The van der Waals surface area contributed by atoms with Crippen LogP contribution in [0.4, 0.5) is 28.7 Å². The molecule has 2 aromatic carbocycles. The van der Waals surface area contributed by atoms with Gasteiger partial charge in [-0.15, -0.1) is 0 Å². The van der Waals surface area contributed by atoms with E-state index in [4.69, 9.17) is 16.6 Å². The van der Waals surface area contributed by atoms with E-state index < -0.39 is 0 Å². The van der Waals surface area contributed by atoms with Gasteiger partial charge in [0.1, 0.15) is 11.2 Å². The number of nitrogens with one attached hydrogen (secondary N) is 1. The van der Waals surface area contributed by atoms with Crippen LogP contribution in [0.3, 0.4) is 0 Å². The quantitative estimate of drug-likeness (QED) is 0.318. The second-order valence-electron chi connectivity index (χ2n) is 8.23. The summed E-state index contributed by atoms with van der Waals surface area (Å²) in [5.41, 5.74) is 10.5. The minimum atomic E-state index is 0.0889. The summed E-state index contributed by atoms with van der Waals surface area (Å²) in [7, 11) is 0. The lowest BCUT2D eigenvalue weighted by molar-refractivity contribution is 0.271. The van der Waals surface area contributed by atoms with Crippen molar-refractivity contribution in [3.63, 3.8) is 0 Å². The molecule has 1 saturated heterocycles. The van der Waals surface area contributed by atoms with Crippen LogP contribution in [-0.2, 0) is 0 Å². The molecular weight excluding hydrogens is 388 g/mol. The van der Waals surface area contributed by atoms with Crippen molar-refractivity contribution in [2.75, 3.05) is 53.7 Å². The fourth-order valence-corrected chi connectivity index (χ4v) is 3.89. The van der Waals surface area contributed by atoms with Crippen LogP contribution in [0.5, 0.6) is 0 Å². The van der Waals surface area contributed by atoms with Gasteiger partial charge in [0, 0.05) is 55.2 Å². The second kappa shape index (κ2) is 8.95. The Hall–Kier alpha value is -3.10. The number of anilines is 5. The molecule has 0 amide bonds. The fourth-order valence-electron chi connectivity index (χ4n) is 3.89. The van der Waals surface area contributed by atoms with Crippen molar-refractivity contribution in [3.05, 3.63) is 42.6 Å². The lowest BCUT2D eigenvalue weighted by atomic mass is 10.1. The van der Waals surface area contributed by atoms with Crippen LogP contribution in [0, 0.1) is 0 Å².